The first-order valence-corrected chi connectivity index (χ1v) is 20.1. The van der Waals surface area contributed by atoms with E-state index in [9.17, 15) is 0 Å². The first-order chi connectivity index (χ1) is 27.3. The molecule has 15 rings (SSSR count). The van der Waals surface area contributed by atoms with Crippen LogP contribution in [-0.4, -0.2) is 6.71 Å². The standard InChI is InChI=1S/C54H31B/c1-5-14-32-28(10-1)20-42-38(32)24-46-36-18-9-19-37-47-25-39-33-15-6-2-11-29(33)21-43(39)51-45-23-31-13-4-8-17-35(31)41(45)27-49(53(47)51)55(54(36)37)48-26-40-34-16-7-3-12-30(34)22-44(40)50(42)52(46)48/h1-19,24-27H,20-23H2. The molecule has 0 N–H and O–H groups in total. The summed E-state index contributed by atoms with van der Waals surface area (Å²) >= 11 is 0. The van der Waals surface area contributed by atoms with E-state index in [-0.39, 0.29) is 6.71 Å². The lowest BCUT2D eigenvalue weighted by Gasteiger charge is -2.36. The van der Waals surface area contributed by atoms with Crippen LogP contribution in [0, 0.1) is 0 Å². The van der Waals surface area contributed by atoms with Gasteiger partial charge in [-0.3, -0.25) is 0 Å². The molecule has 0 nitrogen and oxygen atoms in total. The number of benzene rings is 9. The lowest BCUT2D eigenvalue weighted by Crippen LogP contribution is -2.57. The van der Waals surface area contributed by atoms with Crippen LogP contribution in [0.25, 0.3) is 88.3 Å². The van der Waals surface area contributed by atoms with Gasteiger partial charge in [0.1, 0.15) is 0 Å². The zero-order chi connectivity index (χ0) is 35.3. The summed E-state index contributed by atoms with van der Waals surface area (Å²) < 4.78 is 0. The Kier molecular flexibility index (Phi) is 4.81. The van der Waals surface area contributed by atoms with E-state index in [4.69, 9.17) is 0 Å². The zero-order valence-corrected chi connectivity index (χ0v) is 30.2. The van der Waals surface area contributed by atoms with Gasteiger partial charge in [-0.25, -0.2) is 0 Å². The van der Waals surface area contributed by atoms with Gasteiger partial charge in [0.2, 0.25) is 6.71 Å². The molecule has 1 heteroatoms. The summed E-state index contributed by atoms with van der Waals surface area (Å²) in [5.41, 5.74) is 33.6. The lowest BCUT2D eigenvalue weighted by atomic mass is 9.30. The first-order valence-electron chi connectivity index (χ1n) is 20.1. The molecule has 0 saturated carbocycles. The maximum atomic E-state index is 2.66. The average Bonchev–Trinajstić information content (AvgIpc) is 4.00. The van der Waals surface area contributed by atoms with Gasteiger partial charge in [-0.2, -0.15) is 0 Å². The van der Waals surface area contributed by atoms with Crippen molar-refractivity contribution in [3.63, 3.8) is 0 Å². The molecular formula is C54H31B. The maximum absolute atomic E-state index is 2.66. The van der Waals surface area contributed by atoms with Gasteiger partial charge in [0.25, 0.3) is 0 Å². The molecule has 0 unspecified atom stereocenters. The van der Waals surface area contributed by atoms with Crippen LogP contribution in [0.4, 0.5) is 0 Å². The van der Waals surface area contributed by atoms with Crippen molar-refractivity contribution in [3.05, 3.63) is 184 Å². The molecule has 0 aromatic heterocycles. The average molecular weight is 691 g/mol. The minimum atomic E-state index is 0.149. The van der Waals surface area contributed by atoms with Crippen LogP contribution < -0.4 is 16.4 Å². The molecule has 2 heterocycles. The van der Waals surface area contributed by atoms with Gasteiger partial charge in [-0.15, -0.1) is 0 Å². The van der Waals surface area contributed by atoms with Crippen molar-refractivity contribution in [3.8, 4) is 66.8 Å². The highest BCUT2D eigenvalue weighted by Crippen LogP contribution is 2.53. The third kappa shape index (κ3) is 3.20. The SMILES string of the molecule is c1ccc2c(c1)Cc1c-2cc2c3c(cc4c(c13)Cc1ccccc1-4)-c1cccc3c1B2c1cc2c(c4c5c(cc-3c14)-c1ccccc1C5)Cc1ccccc1-2. The van der Waals surface area contributed by atoms with E-state index in [2.05, 4.69) is 140 Å². The molecule has 9 aromatic rings. The molecule has 0 bridgehead atoms. The minimum absolute atomic E-state index is 0.149. The molecule has 0 saturated heterocycles. The maximum Gasteiger partial charge on any atom is 0.244 e. The molecule has 0 amide bonds. The molecule has 250 valence electrons. The van der Waals surface area contributed by atoms with Crippen molar-refractivity contribution < 1.29 is 0 Å². The Morgan fingerprint density at radius 3 is 0.982 bits per heavy atom. The Balaban J connectivity index is 1.14. The second kappa shape index (κ2) is 9.43. The second-order valence-electron chi connectivity index (χ2n) is 16.9. The van der Waals surface area contributed by atoms with E-state index in [0.717, 1.165) is 25.7 Å². The van der Waals surface area contributed by atoms with Crippen molar-refractivity contribution >= 4 is 44.6 Å². The van der Waals surface area contributed by atoms with Crippen molar-refractivity contribution in [1.82, 2.24) is 0 Å². The Morgan fingerprint density at radius 2 is 0.600 bits per heavy atom. The summed E-state index contributed by atoms with van der Waals surface area (Å²) in [4.78, 5) is 0. The van der Waals surface area contributed by atoms with E-state index >= 15 is 0 Å². The van der Waals surface area contributed by atoms with Crippen LogP contribution in [0.15, 0.2) is 140 Å². The summed E-state index contributed by atoms with van der Waals surface area (Å²) in [6.45, 7) is 0.149. The molecule has 2 aliphatic heterocycles. The molecule has 0 radical (unpaired) electrons. The summed E-state index contributed by atoms with van der Waals surface area (Å²) in [5, 5.41) is 6.06. The van der Waals surface area contributed by atoms with Gasteiger partial charge in [0.15, 0.2) is 0 Å². The third-order valence-electron chi connectivity index (χ3n) is 14.6. The fourth-order valence-electron chi connectivity index (χ4n) is 12.5. The summed E-state index contributed by atoms with van der Waals surface area (Å²) in [7, 11) is 0. The van der Waals surface area contributed by atoms with Crippen molar-refractivity contribution in [2.45, 2.75) is 25.7 Å². The van der Waals surface area contributed by atoms with Gasteiger partial charge >= 0.3 is 0 Å². The van der Waals surface area contributed by atoms with Crippen molar-refractivity contribution in [2.75, 3.05) is 0 Å². The van der Waals surface area contributed by atoms with Crippen LogP contribution in [-0.2, 0) is 25.7 Å². The quantitative estimate of drug-likeness (QED) is 0.139. The predicted molar refractivity (Wildman–Crippen MR) is 230 cm³/mol. The number of hydrogen-bond acceptors (Lipinski definition) is 0. The first kappa shape index (κ1) is 28.1. The highest BCUT2D eigenvalue weighted by Gasteiger charge is 2.43. The Morgan fingerprint density at radius 1 is 0.273 bits per heavy atom. The van der Waals surface area contributed by atoms with Crippen LogP contribution in [0.1, 0.15) is 44.5 Å². The molecule has 6 aliphatic rings. The lowest BCUT2D eigenvalue weighted by molar-refractivity contribution is 1.25. The van der Waals surface area contributed by atoms with Gasteiger partial charge < -0.3 is 0 Å². The Labute approximate surface area is 319 Å². The monoisotopic (exact) mass is 690 g/mol. The Hall–Kier alpha value is -6.44. The largest absolute Gasteiger partial charge is 0.244 e. The topological polar surface area (TPSA) is 0 Å². The molecule has 55 heavy (non-hydrogen) atoms. The molecule has 0 fully saturated rings. The van der Waals surface area contributed by atoms with Gasteiger partial charge in [0, 0.05) is 0 Å². The smallest absolute Gasteiger partial charge is 0.0619 e. The summed E-state index contributed by atoms with van der Waals surface area (Å²) in [6.07, 6.45) is 4.01. The summed E-state index contributed by atoms with van der Waals surface area (Å²) in [6, 6.07) is 54.5. The third-order valence-corrected chi connectivity index (χ3v) is 14.6. The van der Waals surface area contributed by atoms with E-state index < -0.39 is 0 Å². The molecular weight excluding hydrogens is 659 g/mol. The second-order valence-corrected chi connectivity index (χ2v) is 16.9. The fourth-order valence-corrected chi connectivity index (χ4v) is 12.5. The van der Waals surface area contributed by atoms with Gasteiger partial charge in [0.05, 0.1) is 0 Å². The van der Waals surface area contributed by atoms with E-state index in [1.807, 2.05) is 0 Å². The predicted octanol–water partition coefficient (Wildman–Crippen LogP) is 10.8. The Bertz CT molecular complexity index is 3140. The minimum Gasteiger partial charge on any atom is -0.0619 e. The molecule has 9 aromatic carbocycles. The normalized spacial score (nSPS) is 14.6. The zero-order valence-electron chi connectivity index (χ0n) is 30.2. The van der Waals surface area contributed by atoms with Crippen LogP contribution in [0.3, 0.4) is 0 Å². The van der Waals surface area contributed by atoms with E-state index in [1.165, 1.54) is 149 Å². The molecule has 0 atom stereocenters. The van der Waals surface area contributed by atoms with Crippen molar-refractivity contribution in [1.29, 1.82) is 0 Å². The molecule has 0 spiro atoms. The van der Waals surface area contributed by atoms with Crippen molar-refractivity contribution in [2.24, 2.45) is 0 Å². The summed E-state index contributed by atoms with van der Waals surface area (Å²) in [5.74, 6) is 0. The highest BCUT2D eigenvalue weighted by molar-refractivity contribution is 7.01. The van der Waals surface area contributed by atoms with Crippen LogP contribution >= 0.6 is 0 Å². The molecule has 4 aliphatic carbocycles. The number of fused-ring (bicyclic) bond motifs is 20. The van der Waals surface area contributed by atoms with Crippen LogP contribution in [0.5, 0.6) is 0 Å². The number of rotatable bonds is 0. The number of hydrogen-bond donors (Lipinski definition) is 0. The van der Waals surface area contributed by atoms with E-state index in [0.29, 0.717) is 0 Å². The van der Waals surface area contributed by atoms with E-state index in [1.54, 1.807) is 0 Å². The highest BCUT2D eigenvalue weighted by atomic mass is 14.4. The van der Waals surface area contributed by atoms with Crippen LogP contribution in [0.2, 0.25) is 0 Å². The van der Waals surface area contributed by atoms with Gasteiger partial charge in [-0.1, -0.05) is 144 Å². The fraction of sp³-hybridized carbons (Fsp3) is 0.0741. The van der Waals surface area contributed by atoms with Gasteiger partial charge in [-0.05, 0) is 171 Å².